The van der Waals surface area contributed by atoms with E-state index in [0.29, 0.717) is 38.5 Å². The summed E-state index contributed by atoms with van der Waals surface area (Å²) < 4.78 is 0. The van der Waals surface area contributed by atoms with E-state index in [2.05, 4.69) is 12.2 Å². The Kier molecular flexibility index (Phi) is 5.97. The topological polar surface area (TPSA) is 69.7 Å². The maximum Gasteiger partial charge on any atom is 0.228 e. The fraction of sp³-hybridized carbons (Fsp3) is 0.842. The van der Waals surface area contributed by atoms with Crippen LogP contribution in [0.1, 0.15) is 51.9 Å². The molecule has 6 nitrogen and oxygen atoms in total. The average Bonchev–Trinajstić information content (AvgIpc) is 2.93. The summed E-state index contributed by atoms with van der Waals surface area (Å²) in [6.45, 7) is 5.36. The van der Waals surface area contributed by atoms with Gasteiger partial charge in [0, 0.05) is 45.1 Å². The first kappa shape index (κ1) is 18.2. The van der Waals surface area contributed by atoms with Gasteiger partial charge in [0.1, 0.15) is 0 Å². The van der Waals surface area contributed by atoms with E-state index in [-0.39, 0.29) is 23.7 Å². The summed E-state index contributed by atoms with van der Waals surface area (Å²) in [5, 5.41) is 2.73. The van der Waals surface area contributed by atoms with Crippen LogP contribution in [0.5, 0.6) is 0 Å². The van der Waals surface area contributed by atoms with E-state index in [1.807, 2.05) is 9.80 Å². The molecule has 25 heavy (non-hydrogen) atoms. The second-order valence-electron chi connectivity index (χ2n) is 7.84. The molecule has 0 aromatic rings. The quantitative estimate of drug-likeness (QED) is 0.837. The number of nitrogens with zero attached hydrogens (tertiary/aromatic N) is 2. The average molecular weight is 349 g/mol. The summed E-state index contributed by atoms with van der Waals surface area (Å²) in [7, 11) is 0. The fourth-order valence-electron chi connectivity index (χ4n) is 4.47. The molecule has 1 atom stereocenters. The van der Waals surface area contributed by atoms with Crippen molar-refractivity contribution < 1.29 is 14.4 Å². The van der Waals surface area contributed by atoms with Crippen LogP contribution in [0.2, 0.25) is 0 Å². The van der Waals surface area contributed by atoms with Crippen LogP contribution in [0.4, 0.5) is 0 Å². The number of hydrogen-bond donors (Lipinski definition) is 1. The van der Waals surface area contributed by atoms with Gasteiger partial charge in [0.15, 0.2) is 0 Å². The third kappa shape index (κ3) is 4.33. The number of amides is 3. The van der Waals surface area contributed by atoms with Gasteiger partial charge in [-0.1, -0.05) is 13.3 Å². The van der Waals surface area contributed by atoms with E-state index in [9.17, 15) is 14.4 Å². The molecule has 0 radical (unpaired) electrons. The molecular formula is C19H31N3O3. The van der Waals surface area contributed by atoms with Gasteiger partial charge in [0.05, 0.1) is 5.92 Å². The lowest BCUT2D eigenvalue weighted by Crippen LogP contribution is -2.42. The Morgan fingerprint density at radius 1 is 0.960 bits per heavy atom. The minimum Gasteiger partial charge on any atom is -0.355 e. The number of hydrogen-bond acceptors (Lipinski definition) is 3. The Balaban J connectivity index is 1.50. The van der Waals surface area contributed by atoms with Crippen molar-refractivity contribution in [3.8, 4) is 0 Å². The summed E-state index contributed by atoms with van der Waals surface area (Å²) in [6.07, 6.45) is 6.75. The minimum atomic E-state index is -0.223. The Labute approximate surface area is 150 Å². The molecule has 3 fully saturated rings. The predicted octanol–water partition coefficient (Wildman–Crippen LogP) is 1.40. The third-order valence-electron chi connectivity index (χ3n) is 6.22. The first-order valence-corrected chi connectivity index (χ1v) is 9.92. The molecular weight excluding hydrogens is 318 g/mol. The van der Waals surface area contributed by atoms with Crippen molar-refractivity contribution in [1.82, 2.24) is 15.1 Å². The number of carbonyl (C=O) groups excluding carboxylic acids is 3. The molecule has 1 aliphatic carbocycles. The maximum atomic E-state index is 12.8. The normalized spacial score (nSPS) is 30.8. The van der Waals surface area contributed by atoms with Crippen LogP contribution in [0.15, 0.2) is 0 Å². The van der Waals surface area contributed by atoms with E-state index < -0.39 is 0 Å². The van der Waals surface area contributed by atoms with E-state index in [1.54, 1.807) is 0 Å². The molecule has 3 rings (SSSR count). The summed E-state index contributed by atoms with van der Waals surface area (Å²) in [6, 6.07) is 0. The smallest absolute Gasteiger partial charge is 0.228 e. The molecule has 3 amide bonds. The zero-order valence-corrected chi connectivity index (χ0v) is 15.3. The van der Waals surface area contributed by atoms with Crippen LogP contribution in [-0.2, 0) is 14.4 Å². The number of nitrogens with one attached hydrogen (secondary N) is 1. The second-order valence-corrected chi connectivity index (χ2v) is 7.84. The second kappa shape index (κ2) is 8.19. The van der Waals surface area contributed by atoms with Gasteiger partial charge >= 0.3 is 0 Å². The summed E-state index contributed by atoms with van der Waals surface area (Å²) in [5.74, 6) is 1.08. The van der Waals surface area contributed by atoms with Crippen molar-refractivity contribution in [3.63, 3.8) is 0 Å². The van der Waals surface area contributed by atoms with Crippen LogP contribution in [0.3, 0.4) is 0 Å². The van der Waals surface area contributed by atoms with Crippen molar-refractivity contribution in [2.24, 2.45) is 17.8 Å². The molecule has 2 saturated heterocycles. The van der Waals surface area contributed by atoms with Crippen molar-refractivity contribution in [1.29, 1.82) is 0 Å². The van der Waals surface area contributed by atoms with Crippen LogP contribution in [0, 0.1) is 17.8 Å². The van der Waals surface area contributed by atoms with Gasteiger partial charge in [-0.25, -0.2) is 0 Å². The van der Waals surface area contributed by atoms with E-state index in [4.69, 9.17) is 0 Å². The highest BCUT2D eigenvalue weighted by Gasteiger charge is 2.34. The third-order valence-corrected chi connectivity index (χ3v) is 6.22. The van der Waals surface area contributed by atoms with Gasteiger partial charge in [-0.15, -0.1) is 0 Å². The standard InChI is InChI=1S/C19H31N3O3/c1-2-14-4-6-15(7-5-14)18(24)21-8-3-9-22(11-10-21)19(25)16-12-17(23)20-13-16/h14-16H,2-13H2,1H3,(H,20,23). The molecule has 0 bridgehead atoms. The van der Waals surface area contributed by atoms with E-state index in [0.717, 1.165) is 31.7 Å². The van der Waals surface area contributed by atoms with Crippen molar-refractivity contribution in [2.45, 2.75) is 51.9 Å². The van der Waals surface area contributed by atoms with Crippen LogP contribution >= 0.6 is 0 Å². The largest absolute Gasteiger partial charge is 0.355 e. The first-order chi connectivity index (χ1) is 12.1. The summed E-state index contributed by atoms with van der Waals surface area (Å²) in [5.41, 5.74) is 0. The first-order valence-electron chi connectivity index (χ1n) is 9.92. The fourth-order valence-corrected chi connectivity index (χ4v) is 4.47. The van der Waals surface area contributed by atoms with Crippen molar-refractivity contribution >= 4 is 17.7 Å². The molecule has 140 valence electrons. The molecule has 0 spiro atoms. The molecule has 1 saturated carbocycles. The van der Waals surface area contributed by atoms with Gasteiger partial charge in [0.2, 0.25) is 17.7 Å². The molecule has 0 aromatic heterocycles. The Morgan fingerprint density at radius 3 is 2.08 bits per heavy atom. The highest BCUT2D eigenvalue weighted by Crippen LogP contribution is 2.32. The Bertz CT molecular complexity index is 514. The summed E-state index contributed by atoms with van der Waals surface area (Å²) >= 11 is 0. The lowest BCUT2D eigenvalue weighted by atomic mass is 9.80. The van der Waals surface area contributed by atoms with Gasteiger partial charge in [0.25, 0.3) is 0 Å². The van der Waals surface area contributed by atoms with Gasteiger partial charge < -0.3 is 15.1 Å². The number of rotatable bonds is 3. The van der Waals surface area contributed by atoms with E-state index >= 15 is 0 Å². The van der Waals surface area contributed by atoms with Gasteiger partial charge in [-0.05, 0) is 38.0 Å². The van der Waals surface area contributed by atoms with Crippen LogP contribution in [0.25, 0.3) is 0 Å². The predicted molar refractivity (Wildman–Crippen MR) is 94.6 cm³/mol. The Hall–Kier alpha value is -1.59. The molecule has 3 aliphatic rings. The molecule has 6 heteroatoms. The molecule has 0 aromatic carbocycles. The van der Waals surface area contributed by atoms with Crippen LogP contribution < -0.4 is 5.32 Å². The van der Waals surface area contributed by atoms with E-state index in [1.165, 1.54) is 19.3 Å². The molecule has 1 unspecified atom stereocenters. The highest BCUT2D eigenvalue weighted by atomic mass is 16.2. The highest BCUT2D eigenvalue weighted by molar-refractivity contribution is 5.89. The van der Waals surface area contributed by atoms with Gasteiger partial charge in [-0.3, -0.25) is 14.4 Å². The SMILES string of the molecule is CCC1CCC(C(=O)N2CCCN(C(=O)C3CNC(=O)C3)CC2)CC1. The maximum absolute atomic E-state index is 12.8. The molecule has 2 heterocycles. The number of carbonyl (C=O) groups is 3. The zero-order valence-electron chi connectivity index (χ0n) is 15.3. The Morgan fingerprint density at radius 2 is 1.56 bits per heavy atom. The monoisotopic (exact) mass is 349 g/mol. The molecule has 2 aliphatic heterocycles. The van der Waals surface area contributed by atoms with Crippen LogP contribution in [-0.4, -0.2) is 60.2 Å². The lowest BCUT2D eigenvalue weighted by molar-refractivity contribution is -0.138. The van der Waals surface area contributed by atoms with Crippen molar-refractivity contribution in [3.05, 3.63) is 0 Å². The minimum absolute atomic E-state index is 0.0346. The molecule has 1 N–H and O–H groups in total. The van der Waals surface area contributed by atoms with Gasteiger partial charge in [-0.2, -0.15) is 0 Å². The van der Waals surface area contributed by atoms with Crippen molar-refractivity contribution in [2.75, 3.05) is 32.7 Å². The zero-order chi connectivity index (χ0) is 17.8. The summed E-state index contributed by atoms with van der Waals surface area (Å²) in [4.78, 5) is 40.6. The lowest BCUT2D eigenvalue weighted by Gasteiger charge is -2.31.